The Kier molecular flexibility index (Phi) is 2.02. The van der Waals surface area contributed by atoms with Gasteiger partial charge in [-0.1, -0.05) is 0 Å². The summed E-state index contributed by atoms with van der Waals surface area (Å²) in [6.07, 6.45) is 1.81. The Morgan fingerprint density at radius 1 is 1.23 bits per heavy atom. The highest BCUT2D eigenvalue weighted by Gasteiger charge is 1.99. The number of thiophene rings is 1. The molecule has 2 heterocycles. The Hall–Kier alpha value is -1.35. The van der Waals surface area contributed by atoms with Gasteiger partial charge < -0.3 is 5.73 Å². The van der Waals surface area contributed by atoms with Crippen molar-refractivity contribution in [2.45, 2.75) is 6.92 Å². The molecule has 0 fully saturated rings. The third-order valence-electron chi connectivity index (χ3n) is 1.81. The topological polar surface area (TPSA) is 38.9 Å². The number of aryl methyl sites for hydroxylation is 1. The lowest BCUT2D eigenvalue weighted by atomic mass is 10.2. The van der Waals surface area contributed by atoms with E-state index < -0.39 is 0 Å². The van der Waals surface area contributed by atoms with Gasteiger partial charge in [-0.2, -0.15) is 0 Å². The van der Waals surface area contributed by atoms with E-state index in [1.54, 1.807) is 17.5 Å². The van der Waals surface area contributed by atoms with Crippen molar-refractivity contribution in [1.82, 2.24) is 4.98 Å². The highest BCUT2D eigenvalue weighted by molar-refractivity contribution is 7.15. The molecule has 0 aliphatic rings. The summed E-state index contributed by atoms with van der Waals surface area (Å²) in [5.74, 6) is 0.567. The highest BCUT2D eigenvalue weighted by Crippen LogP contribution is 2.26. The number of nitrogens with two attached hydrogens (primary N) is 1. The summed E-state index contributed by atoms with van der Waals surface area (Å²) in [6.45, 7) is 2.10. The molecule has 3 heteroatoms. The number of hydrogen-bond donors (Lipinski definition) is 1. The van der Waals surface area contributed by atoms with E-state index in [-0.39, 0.29) is 0 Å². The Bertz CT molecular complexity index is 403. The van der Waals surface area contributed by atoms with Crippen LogP contribution < -0.4 is 5.73 Å². The maximum atomic E-state index is 5.50. The van der Waals surface area contributed by atoms with Crippen LogP contribution in [0.4, 0.5) is 5.82 Å². The molecule has 0 aliphatic carbocycles. The first-order valence-electron chi connectivity index (χ1n) is 4.04. The Morgan fingerprint density at radius 2 is 2.08 bits per heavy atom. The van der Waals surface area contributed by atoms with Crippen molar-refractivity contribution in [2.24, 2.45) is 0 Å². The number of rotatable bonds is 1. The maximum absolute atomic E-state index is 5.50. The van der Waals surface area contributed by atoms with E-state index in [0.29, 0.717) is 5.82 Å². The van der Waals surface area contributed by atoms with Crippen LogP contribution in [0.15, 0.2) is 30.5 Å². The fraction of sp³-hybridized carbons (Fsp3) is 0.100. The maximum Gasteiger partial charge on any atom is 0.123 e. The predicted octanol–water partition coefficient (Wildman–Crippen LogP) is 2.70. The lowest BCUT2D eigenvalue weighted by molar-refractivity contribution is 1.34. The molecule has 0 radical (unpaired) electrons. The SMILES string of the molecule is Cc1ccc(-c2ccc(N)nc2)s1. The predicted molar refractivity (Wildman–Crippen MR) is 56.7 cm³/mol. The minimum Gasteiger partial charge on any atom is -0.384 e. The van der Waals surface area contributed by atoms with Crippen LogP contribution in [-0.4, -0.2) is 4.98 Å². The summed E-state index contributed by atoms with van der Waals surface area (Å²) in [5, 5.41) is 0. The van der Waals surface area contributed by atoms with Crippen LogP contribution in [0.25, 0.3) is 10.4 Å². The highest BCUT2D eigenvalue weighted by atomic mass is 32.1. The van der Waals surface area contributed by atoms with Crippen LogP contribution in [0.3, 0.4) is 0 Å². The second kappa shape index (κ2) is 3.18. The first-order valence-corrected chi connectivity index (χ1v) is 4.86. The molecule has 2 rings (SSSR count). The summed E-state index contributed by atoms with van der Waals surface area (Å²) in [7, 11) is 0. The first-order chi connectivity index (χ1) is 6.25. The molecule has 0 aliphatic heterocycles. The first kappa shape index (κ1) is 8.26. The summed E-state index contributed by atoms with van der Waals surface area (Å²) in [5.41, 5.74) is 6.63. The largest absolute Gasteiger partial charge is 0.384 e. The molecule has 66 valence electrons. The second-order valence-corrected chi connectivity index (χ2v) is 4.17. The van der Waals surface area contributed by atoms with E-state index in [4.69, 9.17) is 5.73 Å². The fourth-order valence-corrected chi connectivity index (χ4v) is 2.00. The van der Waals surface area contributed by atoms with Crippen molar-refractivity contribution in [3.05, 3.63) is 35.3 Å². The standard InChI is InChI=1S/C10H10N2S/c1-7-2-4-9(13-7)8-3-5-10(11)12-6-8/h2-6H,1H3,(H2,11,12). The molecular formula is C10H10N2S. The Balaban J connectivity index is 2.41. The minimum absolute atomic E-state index is 0.567. The number of pyridine rings is 1. The number of nitrogen functional groups attached to an aromatic ring is 1. The molecule has 0 unspecified atom stereocenters. The molecular weight excluding hydrogens is 180 g/mol. The van der Waals surface area contributed by atoms with Crippen molar-refractivity contribution < 1.29 is 0 Å². The van der Waals surface area contributed by atoms with E-state index in [2.05, 4.69) is 24.0 Å². The second-order valence-electron chi connectivity index (χ2n) is 2.88. The fourth-order valence-electron chi connectivity index (χ4n) is 1.14. The van der Waals surface area contributed by atoms with Crippen LogP contribution in [-0.2, 0) is 0 Å². The van der Waals surface area contributed by atoms with Gasteiger partial charge in [0.2, 0.25) is 0 Å². The van der Waals surface area contributed by atoms with Crippen LogP contribution in [0.5, 0.6) is 0 Å². The normalized spacial score (nSPS) is 10.2. The molecule has 0 saturated carbocycles. The number of anilines is 1. The number of hydrogen-bond acceptors (Lipinski definition) is 3. The summed E-state index contributed by atoms with van der Waals surface area (Å²) in [6, 6.07) is 8.03. The van der Waals surface area contributed by atoms with Crippen LogP contribution in [0.2, 0.25) is 0 Å². The third-order valence-corrected chi connectivity index (χ3v) is 2.86. The smallest absolute Gasteiger partial charge is 0.123 e. The number of nitrogens with zero attached hydrogens (tertiary/aromatic N) is 1. The van der Waals surface area contributed by atoms with Crippen molar-refractivity contribution in [3.63, 3.8) is 0 Å². The summed E-state index contributed by atoms with van der Waals surface area (Å²) >= 11 is 1.77. The van der Waals surface area contributed by atoms with E-state index in [1.165, 1.54) is 9.75 Å². The molecule has 0 amide bonds. The zero-order chi connectivity index (χ0) is 9.26. The van der Waals surface area contributed by atoms with Gasteiger partial charge in [-0.3, -0.25) is 0 Å². The van der Waals surface area contributed by atoms with Gasteiger partial charge in [-0.15, -0.1) is 11.3 Å². The molecule has 2 aromatic rings. The number of aromatic nitrogens is 1. The van der Waals surface area contributed by atoms with Gasteiger partial charge in [0.25, 0.3) is 0 Å². The molecule has 2 N–H and O–H groups in total. The summed E-state index contributed by atoms with van der Waals surface area (Å²) < 4.78 is 0. The Morgan fingerprint density at radius 3 is 2.62 bits per heavy atom. The summed E-state index contributed by atoms with van der Waals surface area (Å²) in [4.78, 5) is 6.60. The van der Waals surface area contributed by atoms with E-state index in [1.807, 2.05) is 12.1 Å². The monoisotopic (exact) mass is 190 g/mol. The molecule has 0 bridgehead atoms. The van der Waals surface area contributed by atoms with Crippen molar-refractivity contribution in [1.29, 1.82) is 0 Å². The molecule has 2 aromatic heterocycles. The van der Waals surface area contributed by atoms with Crippen molar-refractivity contribution in [3.8, 4) is 10.4 Å². The van der Waals surface area contributed by atoms with Crippen LogP contribution in [0.1, 0.15) is 4.88 Å². The molecule has 0 saturated heterocycles. The Labute approximate surface area is 81.1 Å². The zero-order valence-corrected chi connectivity index (χ0v) is 8.14. The molecule has 0 spiro atoms. The van der Waals surface area contributed by atoms with Crippen molar-refractivity contribution >= 4 is 17.2 Å². The van der Waals surface area contributed by atoms with Gasteiger partial charge in [0.1, 0.15) is 5.82 Å². The van der Waals surface area contributed by atoms with Gasteiger partial charge in [-0.05, 0) is 31.2 Å². The quantitative estimate of drug-likeness (QED) is 0.751. The minimum atomic E-state index is 0.567. The van der Waals surface area contributed by atoms with Crippen LogP contribution in [0, 0.1) is 6.92 Å². The molecule has 0 aromatic carbocycles. The average molecular weight is 190 g/mol. The van der Waals surface area contributed by atoms with Gasteiger partial charge in [0, 0.05) is 21.5 Å². The van der Waals surface area contributed by atoms with Gasteiger partial charge in [0.15, 0.2) is 0 Å². The molecule has 0 atom stereocenters. The zero-order valence-electron chi connectivity index (χ0n) is 7.32. The van der Waals surface area contributed by atoms with Gasteiger partial charge in [0.05, 0.1) is 0 Å². The lowest BCUT2D eigenvalue weighted by Crippen LogP contribution is -1.87. The van der Waals surface area contributed by atoms with E-state index in [9.17, 15) is 0 Å². The van der Waals surface area contributed by atoms with E-state index in [0.717, 1.165) is 5.56 Å². The van der Waals surface area contributed by atoms with Crippen LogP contribution >= 0.6 is 11.3 Å². The van der Waals surface area contributed by atoms with Crippen molar-refractivity contribution in [2.75, 3.05) is 5.73 Å². The van der Waals surface area contributed by atoms with E-state index >= 15 is 0 Å². The average Bonchev–Trinajstić information content (AvgIpc) is 2.53. The third kappa shape index (κ3) is 1.70. The van der Waals surface area contributed by atoms with Gasteiger partial charge in [-0.25, -0.2) is 4.98 Å². The lowest BCUT2D eigenvalue weighted by Gasteiger charge is -1.96. The molecule has 2 nitrogen and oxygen atoms in total. The molecule has 13 heavy (non-hydrogen) atoms. The van der Waals surface area contributed by atoms with Gasteiger partial charge >= 0.3 is 0 Å².